The molecule has 0 saturated heterocycles. The van der Waals surface area contributed by atoms with Crippen LogP contribution in [0.4, 0.5) is 35.1 Å². The zero-order chi connectivity index (χ0) is 23.9. The second kappa shape index (κ2) is 9.57. The van der Waals surface area contributed by atoms with Gasteiger partial charge < -0.3 is 0 Å². The van der Waals surface area contributed by atoms with E-state index >= 15 is 0 Å². The molecule has 0 amide bonds. The maximum atomic E-state index is 13.4. The van der Waals surface area contributed by atoms with E-state index in [1.807, 2.05) is 0 Å². The molecule has 0 aliphatic heterocycles. The van der Waals surface area contributed by atoms with Crippen molar-refractivity contribution in [1.82, 2.24) is 0 Å². The van der Waals surface area contributed by atoms with Gasteiger partial charge in [-0.2, -0.15) is 0 Å². The van der Waals surface area contributed by atoms with Gasteiger partial charge in [0.25, 0.3) is 0 Å². The van der Waals surface area contributed by atoms with E-state index in [4.69, 9.17) is 0 Å². The van der Waals surface area contributed by atoms with Crippen LogP contribution in [0.5, 0.6) is 0 Å². The van der Waals surface area contributed by atoms with Gasteiger partial charge in [-0.3, -0.25) is 0 Å². The lowest BCUT2D eigenvalue weighted by Crippen LogP contribution is -2.19. The van der Waals surface area contributed by atoms with E-state index in [1.165, 1.54) is 41.5 Å². The van der Waals surface area contributed by atoms with E-state index in [2.05, 4.69) is 0 Å². The van der Waals surface area contributed by atoms with Gasteiger partial charge in [-0.25, -0.2) is 35.1 Å². The van der Waals surface area contributed by atoms with Crippen LogP contribution in [-0.4, -0.2) is 0 Å². The van der Waals surface area contributed by atoms with Gasteiger partial charge in [-0.1, -0.05) is 49.0 Å². The highest BCUT2D eigenvalue weighted by atomic mass is 19.2. The van der Waals surface area contributed by atoms with Crippen molar-refractivity contribution in [3.05, 3.63) is 68.8 Å². The molecule has 0 N–H and O–H groups in total. The van der Waals surface area contributed by atoms with E-state index in [-0.39, 0.29) is 7.43 Å². The average molecular weight is 456 g/mol. The zero-order valence-electron chi connectivity index (χ0n) is 18.0. The fourth-order valence-corrected chi connectivity index (χ4v) is 2.80. The Labute approximate surface area is 178 Å². The van der Waals surface area contributed by atoms with Crippen LogP contribution in [0.1, 0.15) is 71.2 Å². The molecule has 2 rings (SSSR count). The summed E-state index contributed by atoms with van der Waals surface area (Å²) in [4.78, 5) is 0. The summed E-state index contributed by atoms with van der Waals surface area (Å²) in [5.41, 5.74) is -4.32. The summed E-state index contributed by atoms with van der Waals surface area (Å²) < 4.78 is 106. The standard InChI is InChI=1S/2C11H12F4.CH4/c2*1-5-7(12)9(14)6(11(2,3)4)10(15)8(5)13;/h2*1-4H3;1H4. The molecule has 0 radical (unpaired) electrons. The van der Waals surface area contributed by atoms with Crippen molar-refractivity contribution in [2.45, 2.75) is 73.6 Å². The Bertz CT molecular complexity index is 826. The lowest BCUT2D eigenvalue weighted by molar-refractivity contribution is 0.398. The number of hydrogen-bond acceptors (Lipinski definition) is 0. The van der Waals surface area contributed by atoms with Gasteiger partial charge in [0.2, 0.25) is 0 Å². The Hall–Kier alpha value is -2.12. The van der Waals surface area contributed by atoms with E-state index in [9.17, 15) is 35.1 Å². The topological polar surface area (TPSA) is 0 Å². The van der Waals surface area contributed by atoms with Gasteiger partial charge >= 0.3 is 0 Å². The largest absolute Gasteiger partial charge is 0.203 e. The quantitative estimate of drug-likeness (QED) is 0.276. The third kappa shape index (κ3) is 5.57. The highest BCUT2D eigenvalue weighted by Crippen LogP contribution is 2.33. The molecule has 2 aromatic carbocycles. The van der Waals surface area contributed by atoms with E-state index in [0.717, 1.165) is 13.8 Å². The predicted octanol–water partition coefficient (Wildman–Crippen LogP) is 8.33. The summed E-state index contributed by atoms with van der Waals surface area (Å²) in [6, 6.07) is 0. The average Bonchev–Trinajstić information content (AvgIpc) is 2.60. The Morgan fingerprint density at radius 1 is 0.387 bits per heavy atom. The predicted molar refractivity (Wildman–Crippen MR) is 106 cm³/mol. The van der Waals surface area contributed by atoms with Crippen molar-refractivity contribution >= 4 is 0 Å². The third-order valence-corrected chi connectivity index (χ3v) is 4.47. The molecule has 0 atom stereocenters. The molecule has 0 aromatic heterocycles. The van der Waals surface area contributed by atoms with Gasteiger partial charge in [-0.05, 0) is 24.7 Å². The number of benzene rings is 2. The van der Waals surface area contributed by atoms with Gasteiger partial charge in [0.15, 0.2) is 46.5 Å². The van der Waals surface area contributed by atoms with E-state index in [1.54, 1.807) is 0 Å². The summed E-state index contributed by atoms with van der Waals surface area (Å²) in [5, 5.41) is 0. The van der Waals surface area contributed by atoms with Gasteiger partial charge in [0, 0.05) is 22.3 Å². The van der Waals surface area contributed by atoms with E-state index in [0.29, 0.717) is 0 Å². The first kappa shape index (κ1) is 28.9. The minimum absolute atomic E-state index is 0. The summed E-state index contributed by atoms with van der Waals surface area (Å²) >= 11 is 0. The van der Waals surface area contributed by atoms with Crippen LogP contribution >= 0.6 is 0 Å². The molecule has 2 aromatic rings. The first-order valence-corrected chi connectivity index (χ1v) is 9.01. The Morgan fingerprint density at radius 3 is 0.677 bits per heavy atom. The van der Waals surface area contributed by atoms with Crippen LogP contribution in [0.15, 0.2) is 0 Å². The van der Waals surface area contributed by atoms with Crippen molar-refractivity contribution in [3.63, 3.8) is 0 Å². The zero-order valence-corrected chi connectivity index (χ0v) is 18.0. The van der Waals surface area contributed by atoms with Crippen LogP contribution in [-0.2, 0) is 10.8 Å². The smallest absolute Gasteiger partial charge is 0.165 e. The minimum atomic E-state index is -1.32. The molecule has 0 unspecified atom stereocenters. The fourth-order valence-electron chi connectivity index (χ4n) is 2.80. The Balaban J connectivity index is 0.000000562. The summed E-state index contributed by atoms with van der Waals surface area (Å²) in [5.74, 6) is -10.5. The van der Waals surface area contributed by atoms with Gasteiger partial charge in [0.1, 0.15) is 0 Å². The van der Waals surface area contributed by atoms with Crippen LogP contribution in [0.3, 0.4) is 0 Å². The highest BCUT2D eigenvalue weighted by Gasteiger charge is 2.31. The molecular formula is C23H28F8. The van der Waals surface area contributed by atoms with Crippen molar-refractivity contribution in [2.24, 2.45) is 0 Å². The SMILES string of the molecule is C.Cc1c(F)c(F)c(C(C)(C)C)c(F)c1F.Cc1c(F)c(F)c(C(C)(C)C)c(F)c1F. The summed E-state index contributed by atoms with van der Waals surface area (Å²) in [6.45, 7) is 10.9. The number of hydrogen-bond donors (Lipinski definition) is 0. The molecule has 0 saturated carbocycles. The summed E-state index contributed by atoms with van der Waals surface area (Å²) in [6.07, 6.45) is 0. The second-order valence-corrected chi connectivity index (χ2v) is 9.01. The van der Waals surface area contributed by atoms with Crippen molar-refractivity contribution < 1.29 is 35.1 Å². The lowest BCUT2D eigenvalue weighted by Gasteiger charge is -2.21. The third-order valence-electron chi connectivity index (χ3n) is 4.47. The normalized spacial score (nSPS) is 11.6. The molecule has 0 spiro atoms. The van der Waals surface area contributed by atoms with Crippen LogP contribution in [0.25, 0.3) is 0 Å². The van der Waals surface area contributed by atoms with Gasteiger partial charge in [0.05, 0.1) is 0 Å². The monoisotopic (exact) mass is 456 g/mol. The molecular weight excluding hydrogens is 428 g/mol. The van der Waals surface area contributed by atoms with E-state index < -0.39 is 79.6 Å². The van der Waals surface area contributed by atoms with Crippen LogP contribution in [0.2, 0.25) is 0 Å². The molecule has 0 bridgehead atoms. The summed E-state index contributed by atoms with van der Waals surface area (Å²) in [7, 11) is 0. The van der Waals surface area contributed by atoms with Crippen molar-refractivity contribution in [3.8, 4) is 0 Å². The fraction of sp³-hybridized carbons (Fsp3) is 0.478. The van der Waals surface area contributed by atoms with Crippen molar-refractivity contribution in [1.29, 1.82) is 0 Å². The Kier molecular flexibility index (Phi) is 8.92. The molecule has 176 valence electrons. The highest BCUT2D eigenvalue weighted by molar-refractivity contribution is 5.34. The first-order valence-electron chi connectivity index (χ1n) is 9.01. The molecule has 31 heavy (non-hydrogen) atoms. The molecule has 0 fully saturated rings. The molecule has 0 heterocycles. The minimum Gasteiger partial charge on any atom is -0.203 e. The van der Waals surface area contributed by atoms with Crippen LogP contribution in [0, 0.1) is 60.4 Å². The maximum Gasteiger partial charge on any atom is 0.165 e. The molecule has 8 heteroatoms. The second-order valence-electron chi connectivity index (χ2n) is 9.01. The molecule has 0 aliphatic rings. The molecule has 0 aliphatic carbocycles. The number of halogens is 8. The number of rotatable bonds is 0. The Morgan fingerprint density at radius 2 is 0.548 bits per heavy atom. The molecule has 0 nitrogen and oxygen atoms in total. The first-order chi connectivity index (χ1) is 13.4. The lowest BCUT2D eigenvalue weighted by atomic mass is 9.85. The van der Waals surface area contributed by atoms with Gasteiger partial charge in [-0.15, -0.1) is 0 Å². The van der Waals surface area contributed by atoms with Crippen molar-refractivity contribution in [2.75, 3.05) is 0 Å². The van der Waals surface area contributed by atoms with Crippen LogP contribution < -0.4 is 0 Å². The maximum absolute atomic E-state index is 13.4.